The smallest absolute Gasteiger partial charge is 0.326 e. The predicted molar refractivity (Wildman–Crippen MR) is 79.8 cm³/mol. The van der Waals surface area contributed by atoms with Gasteiger partial charge in [-0.25, -0.2) is 4.79 Å². The summed E-state index contributed by atoms with van der Waals surface area (Å²) in [5, 5.41) is 12.8. The van der Waals surface area contributed by atoms with Crippen molar-refractivity contribution in [2.45, 2.75) is 31.8 Å². The Balaban J connectivity index is 2.13. The van der Waals surface area contributed by atoms with Crippen LogP contribution < -0.4 is 11.1 Å². The summed E-state index contributed by atoms with van der Waals surface area (Å²) < 4.78 is 0. The topological polar surface area (TPSA) is 108 Å². The number of hydrogen-bond donors (Lipinski definition) is 4. The Morgan fingerprint density at radius 2 is 2.10 bits per heavy atom. The zero-order chi connectivity index (χ0) is 15.4. The highest BCUT2D eigenvalue weighted by Gasteiger charge is 2.22. The van der Waals surface area contributed by atoms with Crippen molar-refractivity contribution in [3.63, 3.8) is 0 Å². The van der Waals surface area contributed by atoms with E-state index in [0.717, 1.165) is 16.5 Å². The van der Waals surface area contributed by atoms with Gasteiger partial charge in [0.15, 0.2) is 0 Å². The first-order chi connectivity index (χ1) is 9.97. The molecule has 112 valence electrons. The Bertz CT molecular complexity index is 648. The fourth-order valence-electron chi connectivity index (χ4n) is 2.27. The van der Waals surface area contributed by atoms with Gasteiger partial charge in [0.25, 0.3) is 0 Å². The summed E-state index contributed by atoms with van der Waals surface area (Å²) in [7, 11) is 0. The average Bonchev–Trinajstić information content (AvgIpc) is 2.80. The number of rotatable bonds is 6. The van der Waals surface area contributed by atoms with Crippen molar-refractivity contribution in [2.75, 3.05) is 0 Å². The summed E-state index contributed by atoms with van der Waals surface area (Å²) in [6.45, 7) is 1.70. The van der Waals surface area contributed by atoms with Gasteiger partial charge in [0.2, 0.25) is 5.91 Å². The maximum absolute atomic E-state index is 11.7. The second-order valence-electron chi connectivity index (χ2n) is 5.20. The number of H-pyrrole nitrogens is 1. The van der Waals surface area contributed by atoms with Crippen LogP contribution in [0.25, 0.3) is 10.9 Å². The molecular weight excluding hydrogens is 270 g/mol. The van der Waals surface area contributed by atoms with Gasteiger partial charge in [-0.05, 0) is 18.6 Å². The van der Waals surface area contributed by atoms with Crippen molar-refractivity contribution >= 4 is 22.8 Å². The summed E-state index contributed by atoms with van der Waals surface area (Å²) in [5.74, 6) is -1.41. The molecular formula is C15H19N3O3. The van der Waals surface area contributed by atoms with Crippen LogP contribution in [0.2, 0.25) is 0 Å². The molecule has 2 rings (SSSR count). The van der Waals surface area contributed by atoms with Crippen molar-refractivity contribution in [3.05, 3.63) is 36.0 Å². The Morgan fingerprint density at radius 3 is 2.76 bits per heavy atom. The molecule has 5 N–H and O–H groups in total. The molecule has 1 unspecified atom stereocenters. The molecule has 0 aliphatic heterocycles. The van der Waals surface area contributed by atoms with Gasteiger partial charge in [-0.3, -0.25) is 4.79 Å². The number of carbonyl (C=O) groups excluding carboxylic acids is 1. The lowest BCUT2D eigenvalue weighted by molar-refractivity contribution is -0.141. The number of carbonyl (C=O) groups is 2. The lowest BCUT2D eigenvalue weighted by Crippen LogP contribution is -2.43. The molecule has 1 aromatic heterocycles. The van der Waals surface area contributed by atoms with Crippen LogP contribution in [0.5, 0.6) is 0 Å². The molecule has 1 amide bonds. The van der Waals surface area contributed by atoms with E-state index in [-0.39, 0.29) is 24.8 Å². The molecule has 0 radical (unpaired) electrons. The Kier molecular flexibility index (Phi) is 4.59. The number of carboxylic acids is 1. The van der Waals surface area contributed by atoms with E-state index in [1.807, 2.05) is 24.3 Å². The highest BCUT2D eigenvalue weighted by Crippen LogP contribution is 2.19. The largest absolute Gasteiger partial charge is 0.480 e. The van der Waals surface area contributed by atoms with Gasteiger partial charge in [-0.2, -0.15) is 0 Å². The molecule has 1 aromatic carbocycles. The SMILES string of the molecule is CC(N)CC(=O)N[C@H](Cc1c[nH]c2ccccc12)C(=O)O. The van der Waals surface area contributed by atoms with E-state index in [1.54, 1.807) is 13.1 Å². The van der Waals surface area contributed by atoms with E-state index in [9.17, 15) is 14.7 Å². The summed E-state index contributed by atoms with van der Waals surface area (Å²) in [6, 6.07) is 6.38. The Hall–Kier alpha value is -2.34. The van der Waals surface area contributed by atoms with Crippen LogP contribution in [0, 0.1) is 0 Å². The molecule has 0 bridgehead atoms. The molecule has 6 heteroatoms. The van der Waals surface area contributed by atoms with Crippen LogP contribution in [0.1, 0.15) is 18.9 Å². The third kappa shape index (κ3) is 3.82. The molecule has 2 aromatic rings. The molecule has 0 spiro atoms. The molecule has 0 aliphatic carbocycles. The fourth-order valence-corrected chi connectivity index (χ4v) is 2.27. The van der Waals surface area contributed by atoms with Gasteiger partial charge in [0, 0.05) is 36.0 Å². The zero-order valence-corrected chi connectivity index (χ0v) is 11.8. The van der Waals surface area contributed by atoms with Crippen LogP contribution in [-0.2, 0) is 16.0 Å². The minimum Gasteiger partial charge on any atom is -0.480 e. The first-order valence-electron chi connectivity index (χ1n) is 6.80. The van der Waals surface area contributed by atoms with Crippen LogP contribution in [0.3, 0.4) is 0 Å². The highest BCUT2D eigenvalue weighted by atomic mass is 16.4. The maximum Gasteiger partial charge on any atom is 0.326 e. The van der Waals surface area contributed by atoms with Crippen molar-refractivity contribution in [1.29, 1.82) is 0 Å². The quantitative estimate of drug-likeness (QED) is 0.636. The van der Waals surface area contributed by atoms with Crippen molar-refractivity contribution in [2.24, 2.45) is 5.73 Å². The molecule has 0 aliphatic rings. The third-order valence-electron chi connectivity index (χ3n) is 3.24. The molecule has 0 fully saturated rings. The minimum absolute atomic E-state index is 0.109. The minimum atomic E-state index is -1.06. The average molecular weight is 289 g/mol. The van der Waals surface area contributed by atoms with Gasteiger partial charge < -0.3 is 21.1 Å². The number of amides is 1. The number of aromatic amines is 1. The normalized spacial score (nSPS) is 13.8. The number of carboxylic acid groups (broad SMARTS) is 1. The first-order valence-corrected chi connectivity index (χ1v) is 6.80. The molecule has 2 atom stereocenters. The van der Waals surface area contributed by atoms with Gasteiger partial charge in [-0.15, -0.1) is 0 Å². The Labute approximate surface area is 122 Å². The number of para-hydroxylation sites is 1. The van der Waals surface area contributed by atoms with Gasteiger partial charge in [-0.1, -0.05) is 18.2 Å². The maximum atomic E-state index is 11.7. The second-order valence-corrected chi connectivity index (χ2v) is 5.20. The van der Waals surface area contributed by atoms with E-state index < -0.39 is 12.0 Å². The third-order valence-corrected chi connectivity index (χ3v) is 3.24. The number of aliphatic carboxylic acids is 1. The van der Waals surface area contributed by atoms with Gasteiger partial charge >= 0.3 is 5.97 Å². The molecule has 0 saturated heterocycles. The lowest BCUT2D eigenvalue weighted by Gasteiger charge is -2.15. The van der Waals surface area contributed by atoms with Crippen LogP contribution >= 0.6 is 0 Å². The van der Waals surface area contributed by atoms with E-state index in [0.29, 0.717) is 0 Å². The lowest BCUT2D eigenvalue weighted by atomic mass is 10.0. The Morgan fingerprint density at radius 1 is 1.38 bits per heavy atom. The van der Waals surface area contributed by atoms with E-state index in [1.165, 1.54) is 0 Å². The van der Waals surface area contributed by atoms with Crippen molar-refractivity contribution in [1.82, 2.24) is 10.3 Å². The van der Waals surface area contributed by atoms with Crippen LogP contribution in [0.15, 0.2) is 30.5 Å². The first kappa shape index (κ1) is 15.1. The number of fused-ring (bicyclic) bond motifs is 1. The molecule has 1 heterocycles. The summed E-state index contributed by atoms with van der Waals surface area (Å²) in [6.07, 6.45) is 2.11. The van der Waals surface area contributed by atoms with Gasteiger partial charge in [0.1, 0.15) is 6.04 Å². The number of hydrogen-bond acceptors (Lipinski definition) is 3. The van der Waals surface area contributed by atoms with Crippen molar-refractivity contribution < 1.29 is 14.7 Å². The van der Waals surface area contributed by atoms with E-state index >= 15 is 0 Å². The van der Waals surface area contributed by atoms with Crippen LogP contribution in [0.4, 0.5) is 0 Å². The number of aromatic nitrogens is 1. The summed E-state index contributed by atoms with van der Waals surface area (Å²) in [4.78, 5) is 26.1. The monoisotopic (exact) mass is 289 g/mol. The van der Waals surface area contributed by atoms with E-state index in [4.69, 9.17) is 5.73 Å². The summed E-state index contributed by atoms with van der Waals surface area (Å²) >= 11 is 0. The predicted octanol–water partition coefficient (Wildman–Crippen LogP) is 1.02. The standard InChI is InChI=1S/C15H19N3O3/c1-9(16)6-14(19)18-13(15(20)21)7-10-8-17-12-5-3-2-4-11(10)12/h2-5,8-9,13,17H,6-7,16H2,1H3,(H,18,19)(H,20,21)/t9?,13-/m1/s1. The second kappa shape index (κ2) is 6.41. The molecule has 21 heavy (non-hydrogen) atoms. The number of nitrogens with two attached hydrogens (primary N) is 1. The van der Waals surface area contributed by atoms with Crippen molar-refractivity contribution in [3.8, 4) is 0 Å². The molecule has 6 nitrogen and oxygen atoms in total. The van der Waals surface area contributed by atoms with Gasteiger partial charge in [0.05, 0.1) is 0 Å². The summed E-state index contributed by atoms with van der Waals surface area (Å²) in [5.41, 5.74) is 7.35. The number of benzene rings is 1. The van der Waals surface area contributed by atoms with Crippen LogP contribution in [-0.4, -0.2) is 34.1 Å². The highest BCUT2D eigenvalue weighted by molar-refractivity contribution is 5.86. The number of nitrogens with one attached hydrogen (secondary N) is 2. The van der Waals surface area contributed by atoms with E-state index in [2.05, 4.69) is 10.3 Å². The molecule has 0 saturated carbocycles. The zero-order valence-electron chi connectivity index (χ0n) is 11.8. The fraction of sp³-hybridized carbons (Fsp3) is 0.333.